The Morgan fingerprint density at radius 1 is 1.29 bits per heavy atom. The third kappa shape index (κ3) is 6.59. The fourth-order valence-electron chi connectivity index (χ4n) is 3.63. The minimum atomic E-state index is -0.216. The van der Waals surface area contributed by atoms with Gasteiger partial charge >= 0.3 is 0 Å². The van der Waals surface area contributed by atoms with Crippen LogP contribution in [0.1, 0.15) is 24.8 Å². The molecule has 0 saturated carbocycles. The van der Waals surface area contributed by atoms with Crippen LogP contribution in [0.3, 0.4) is 0 Å². The van der Waals surface area contributed by atoms with Crippen LogP contribution in [-0.4, -0.2) is 74.1 Å². The number of hydrogen-bond donors (Lipinski definition) is 1. The van der Waals surface area contributed by atoms with Crippen molar-refractivity contribution in [3.8, 4) is 0 Å². The maximum atomic E-state index is 12.4. The summed E-state index contributed by atoms with van der Waals surface area (Å²) >= 11 is 3.52. The standard InChI is InChI=1S/C20H29BrN4O2.HI/c1-22-20(23-9-3-6-16-5-2-7-17(21)15-16)25-12-10-24(11-13-25)19(26)18-8-4-14-27-18;/h2,5,7,15,18H,3-4,6,8-14H2,1H3,(H,22,23);1H. The number of benzene rings is 1. The molecule has 28 heavy (non-hydrogen) atoms. The lowest BCUT2D eigenvalue weighted by molar-refractivity contribution is -0.142. The number of hydrogen-bond acceptors (Lipinski definition) is 3. The average Bonchev–Trinajstić information content (AvgIpc) is 3.23. The number of amides is 1. The SMILES string of the molecule is CN=C(NCCCc1cccc(Br)c1)N1CCN(C(=O)C2CCCO2)CC1.I. The van der Waals surface area contributed by atoms with E-state index in [4.69, 9.17) is 4.74 Å². The predicted molar refractivity (Wildman–Crippen MR) is 126 cm³/mol. The molecule has 0 bridgehead atoms. The lowest BCUT2D eigenvalue weighted by Gasteiger charge is -2.37. The van der Waals surface area contributed by atoms with Gasteiger partial charge in [-0.2, -0.15) is 0 Å². The normalized spacial score (nSPS) is 20.1. The molecule has 0 aliphatic carbocycles. The van der Waals surface area contributed by atoms with Crippen molar-refractivity contribution in [2.24, 2.45) is 4.99 Å². The molecular formula is C20H30BrIN4O2. The van der Waals surface area contributed by atoms with Gasteiger partial charge in [-0.1, -0.05) is 28.1 Å². The van der Waals surface area contributed by atoms with Gasteiger partial charge in [0.2, 0.25) is 0 Å². The van der Waals surface area contributed by atoms with Crippen molar-refractivity contribution in [2.45, 2.75) is 31.8 Å². The third-order valence-electron chi connectivity index (χ3n) is 5.12. The van der Waals surface area contributed by atoms with Crippen LogP contribution in [0.4, 0.5) is 0 Å². The van der Waals surface area contributed by atoms with Gasteiger partial charge in [-0.05, 0) is 43.4 Å². The number of nitrogens with zero attached hydrogens (tertiary/aromatic N) is 3. The Hall–Kier alpha value is -0.870. The van der Waals surface area contributed by atoms with Crippen LogP contribution in [0.2, 0.25) is 0 Å². The highest BCUT2D eigenvalue weighted by atomic mass is 127. The molecule has 0 radical (unpaired) electrons. The number of piperazine rings is 1. The highest BCUT2D eigenvalue weighted by Gasteiger charge is 2.30. The van der Waals surface area contributed by atoms with Crippen molar-refractivity contribution in [3.05, 3.63) is 34.3 Å². The van der Waals surface area contributed by atoms with Gasteiger partial charge in [-0.25, -0.2) is 0 Å². The van der Waals surface area contributed by atoms with E-state index in [1.54, 1.807) is 0 Å². The Bertz CT molecular complexity index is 659. The van der Waals surface area contributed by atoms with E-state index >= 15 is 0 Å². The minimum Gasteiger partial charge on any atom is -0.368 e. The first kappa shape index (κ1) is 23.4. The van der Waals surface area contributed by atoms with Gasteiger partial charge in [0, 0.05) is 50.9 Å². The lowest BCUT2D eigenvalue weighted by Crippen LogP contribution is -2.55. The molecule has 2 aliphatic heterocycles. The first-order chi connectivity index (χ1) is 13.2. The molecule has 1 amide bonds. The molecule has 1 unspecified atom stereocenters. The van der Waals surface area contributed by atoms with E-state index in [-0.39, 0.29) is 36.0 Å². The van der Waals surface area contributed by atoms with Crippen LogP contribution in [0.15, 0.2) is 33.7 Å². The molecule has 2 aliphatic rings. The number of aliphatic imine (C=N–C) groups is 1. The quantitative estimate of drug-likeness (QED) is 0.259. The number of rotatable bonds is 5. The molecule has 1 aromatic rings. The highest BCUT2D eigenvalue weighted by molar-refractivity contribution is 14.0. The smallest absolute Gasteiger partial charge is 0.251 e. The second kappa shape index (κ2) is 12.0. The maximum Gasteiger partial charge on any atom is 0.251 e. The van der Waals surface area contributed by atoms with E-state index in [0.717, 1.165) is 68.8 Å². The zero-order chi connectivity index (χ0) is 19.1. The topological polar surface area (TPSA) is 57.2 Å². The Labute approximate surface area is 193 Å². The predicted octanol–water partition coefficient (Wildman–Crippen LogP) is 2.90. The van der Waals surface area contributed by atoms with Crippen molar-refractivity contribution >= 4 is 51.8 Å². The fourth-order valence-corrected chi connectivity index (χ4v) is 4.08. The summed E-state index contributed by atoms with van der Waals surface area (Å²) in [6.07, 6.45) is 3.72. The number of aryl methyl sites for hydroxylation is 1. The summed E-state index contributed by atoms with van der Waals surface area (Å²) in [7, 11) is 1.82. The second-order valence-electron chi connectivity index (χ2n) is 7.02. The zero-order valence-corrected chi connectivity index (χ0v) is 20.3. The Morgan fingerprint density at radius 3 is 2.68 bits per heavy atom. The summed E-state index contributed by atoms with van der Waals surface area (Å²) in [6, 6.07) is 8.44. The second-order valence-corrected chi connectivity index (χ2v) is 7.94. The molecule has 1 aromatic carbocycles. The van der Waals surface area contributed by atoms with Crippen molar-refractivity contribution in [3.63, 3.8) is 0 Å². The van der Waals surface area contributed by atoms with Crippen LogP contribution >= 0.6 is 39.9 Å². The summed E-state index contributed by atoms with van der Waals surface area (Å²) in [5, 5.41) is 3.46. The Balaban J connectivity index is 0.00000280. The van der Waals surface area contributed by atoms with E-state index in [1.165, 1.54) is 5.56 Å². The molecule has 3 rings (SSSR count). The maximum absolute atomic E-state index is 12.4. The molecule has 2 saturated heterocycles. The Kier molecular flexibility index (Phi) is 10.0. The van der Waals surface area contributed by atoms with Gasteiger partial charge in [0.25, 0.3) is 5.91 Å². The summed E-state index contributed by atoms with van der Waals surface area (Å²) in [5.41, 5.74) is 1.34. The van der Waals surface area contributed by atoms with Crippen molar-refractivity contribution < 1.29 is 9.53 Å². The lowest BCUT2D eigenvalue weighted by atomic mass is 10.1. The third-order valence-corrected chi connectivity index (χ3v) is 5.62. The van der Waals surface area contributed by atoms with E-state index in [0.29, 0.717) is 6.61 Å². The number of guanidine groups is 1. The van der Waals surface area contributed by atoms with Gasteiger partial charge in [0.05, 0.1) is 0 Å². The van der Waals surface area contributed by atoms with Crippen molar-refractivity contribution in [1.82, 2.24) is 15.1 Å². The molecule has 0 aromatic heterocycles. The van der Waals surface area contributed by atoms with Gasteiger partial charge in [0.15, 0.2) is 5.96 Å². The van der Waals surface area contributed by atoms with Crippen LogP contribution in [-0.2, 0) is 16.0 Å². The van der Waals surface area contributed by atoms with E-state index in [9.17, 15) is 4.79 Å². The molecule has 156 valence electrons. The zero-order valence-electron chi connectivity index (χ0n) is 16.4. The van der Waals surface area contributed by atoms with E-state index < -0.39 is 0 Å². The summed E-state index contributed by atoms with van der Waals surface area (Å²) < 4.78 is 6.65. The Morgan fingerprint density at radius 2 is 2.04 bits per heavy atom. The molecule has 2 heterocycles. The molecule has 2 fully saturated rings. The first-order valence-electron chi connectivity index (χ1n) is 9.78. The number of halogens is 2. The van der Waals surface area contributed by atoms with Gasteiger partial charge in [-0.15, -0.1) is 24.0 Å². The van der Waals surface area contributed by atoms with Gasteiger partial charge in [0.1, 0.15) is 6.10 Å². The first-order valence-corrected chi connectivity index (χ1v) is 10.6. The summed E-state index contributed by atoms with van der Waals surface area (Å²) in [4.78, 5) is 21.0. The summed E-state index contributed by atoms with van der Waals surface area (Å²) in [6.45, 7) is 4.68. The number of carbonyl (C=O) groups is 1. The van der Waals surface area contributed by atoms with Crippen LogP contribution in [0.25, 0.3) is 0 Å². The van der Waals surface area contributed by atoms with E-state index in [1.807, 2.05) is 18.0 Å². The molecule has 8 heteroatoms. The van der Waals surface area contributed by atoms with E-state index in [2.05, 4.69) is 49.3 Å². The number of nitrogens with one attached hydrogen (secondary N) is 1. The average molecular weight is 565 g/mol. The highest BCUT2D eigenvalue weighted by Crippen LogP contribution is 2.16. The van der Waals surface area contributed by atoms with Crippen LogP contribution in [0.5, 0.6) is 0 Å². The molecular weight excluding hydrogens is 535 g/mol. The number of carbonyl (C=O) groups excluding carboxylic acids is 1. The van der Waals surface area contributed by atoms with Crippen molar-refractivity contribution in [2.75, 3.05) is 46.4 Å². The minimum absolute atomic E-state index is 0. The van der Waals surface area contributed by atoms with Gasteiger partial charge < -0.3 is 19.9 Å². The van der Waals surface area contributed by atoms with Crippen LogP contribution < -0.4 is 5.32 Å². The molecule has 1 atom stereocenters. The monoisotopic (exact) mass is 564 g/mol. The molecule has 6 nitrogen and oxygen atoms in total. The summed E-state index contributed by atoms with van der Waals surface area (Å²) in [5.74, 6) is 1.08. The number of ether oxygens (including phenoxy) is 1. The molecule has 0 spiro atoms. The van der Waals surface area contributed by atoms with Crippen molar-refractivity contribution in [1.29, 1.82) is 0 Å². The fraction of sp³-hybridized carbons (Fsp3) is 0.600. The molecule has 1 N–H and O–H groups in total. The van der Waals surface area contributed by atoms with Gasteiger partial charge in [-0.3, -0.25) is 9.79 Å². The van der Waals surface area contributed by atoms with Crippen LogP contribution in [0, 0.1) is 0 Å². The largest absolute Gasteiger partial charge is 0.368 e.